The number of rotatable bonds is 4. The van der Waals surface area contributed by atoms with Crippen LogP contribution in [0.25, 0.3) is 21.9 Å². The first-order valence-electron chi connectivity index (χ1n) is 8.91. The summed E-state index contributed by atoms with van der Waals surface area (Å²) in [7, 11) is 1.83. The van der Waals surface area contributed by atoms with Crippen molar-refractivity contribution in [2.24, 2.45) is 13.0 Å². The van der Waals surface area contributed by atoms with Crippen LogP contribution >= 0.6 is 0 Å². The Bertz CT molecular complexity index is 960. The minimum Gasteiger partial charge on any atom is -0.317 e. The minimum atomic E-state index is -0.315. The fraction of sp³-hybridized carbons (Fsp3) is 0.350. The van der Waals surface area contributed by atoms with Crippen molar-refractivity contribution < 1.29 is 9.18 Å². The second kappa shape index (κ2) is 6.96. The lowest BCUT2D eigenvalue weighted by molar-refractivity contribution is -0.123. The van der Waals surface area contributed by atoms with Gasteiger partial charge in [-0.25, -0.2) is 4.39 Å². The van der Waals surface area contributed by atoms with Gasteiger partial charge in [-0.3, -0.25) is 14.5 Å². The second-order valence-corrected chi connectivity index (χ2v) is 6.92. The number of fused-ring (bicyclic) bond motifs is 1. The molecule has 0 radical (unpaired) electrons. The first-order chi connectivity index (χ1) is 12.6. The lowest BCUT2D eigenvalue weighted by atomic mass is 9.91. The highest BCUT2D eigenvalue weighted by Gasteiger charge is 2.21. The highest BCUT2D eigenvalue weighted by atomic mass is 19.1. The number of carbonyl (C=O) groups excluding carboxylic acids is 1. The second-order valence-electron chi connectivity index (χ2n) is 6.92. The number of nitrogens with one attached hydrogen (secondary N) is 1. The summed E-state index contributed by atoms with van der Waals surface area (Å²) in [5.41, 5.74) is 2.33. The van der Waals surface area contributed by atoms with Crippen molar-refractivity contribution >= 4 is 16.6 Å². The maximum Gasteiger partial charge on any atom is 0.142 e. The van der Waals surface area contributed by atoms with Crippen LogP contribution in [-0.4, -0.2) is 33.6 Å². The zero-order valence-electron chi connectivity index (χ0n) is 14.7. The molecule has 1 aromatic carbocycles. The third-order valence-electron chi connectivity index (χ3n) is 5.03. The highest BCUT2D eigenvalue weighted by Crippen LogP contribution is 2.27. The van der Waals surface area contributed by atoms with Crippen molar-refractivity contribution in [2.75, 3.05) is 13.1 Å². The van der Waals surface area contributed by atoms with Crippen molar-refractivity contribution in [3.05, 3.63) is 48.3 Å². The maximum atomic E-state index is 14.5. The lowest BCUT2D eigenvalue weighted by Gasteiger charge is -2.21. The molecule has 2 aromatic heterocycles. The molecule has 26 heavy (non-hydrogen) atoms. The van der Waals surface area contributed by atoms with Crippen molar-refractivity contribution in [3.63, 3.8) is 0 Å². The maximum absolute atomic E-state index is 14.5. The van der Waals surface area contributed by atoms with E-state index >= 15 is 0 Å². The average molecular weight is 352 g/mol. The number of halogens is 1. The molecule has 3 heterocycles. The number of piperidine rings is 1. The van der Waals surface area contributed by atoms with Gasteiger partial charge in [-0.2, -0.15) is 5.10 Å². The number of Topliss-reactive ketones (excluding diaryl/α,β-unsaturated/α-hetero) is 1. The van der Waals surface area contributed by atoms with Crippen LogP contribution < -0.4 is 5.32 Å². The molecule has 0 aliphatic carbocycles. The van der Waals surface area contributed by atoms with E-state index in [0.29, 0.717) is 17.5 Å². The van der Waals surface area contributed by atoms with E-state index in [4.69, 9.17) is 0 Å². The van der Waals surface area contributed by atoms with Crippen LogP contribution in [0.3, 0.4) is 0 Å². The molecule has 0 spiro atoms. The van der Waals surface area contributed by atoms with E-state index in [1.807, 2.05) is 25.4 Å². The van der Waals surface area contributed by atoms with Gasteiger partial charge in [-0.05, 0) is 55.1 Å². The highest BCUT2D eigenvalue weighted by molar-refractivity contribution is 5.89. The van der Waals surface area contributed by atoms with Gasteiger partial charge < -0.3 is 5.32 Å². The number of hydrogen-bond donors (Lipinski definition) is 1. The third-order valence-corrected chi connectivity index (χ3v) is 5.03. The lowest BCUT2D eigenvalue weighted by Crippen LogP contribution is -2.32. The molecule has 4 rings (SSSR count). The number of aromatic nitrogens is 3. The zero-order valence-corrected chi connectivity index (χ0v) is 14.7. The number of aryl methyl sites for hydroxylation is 1. The van der Waals surface area contributed by atoms with Crippen LogP contribution in [-0.2, 0) is 18.3 Å². The molecular weight excluding hydrogens is 331 g/mol. The molecule has 1 saturated heterocycles. The van der Waals surface area contributed by atoms with Gasteiger partial charge in [0, 0.05) is 48.4 Å². The number of hydrogen-bond acceptors (Lipinski definition) is 4. The van der Waals surface area contributed by atoms with Crippen molar-refractivity contribution in [3.8, 4) is 11.1 Å². The van der Waals surface area contributed by atoms with Gasteiger partial charge >= 0.3 is 0 Å². The normalized spacial score (nSPS) is 15.5. The smallest absolute Gasteiger partial charge is 0.142 e. The number of ketones is 1. The number of pyridine rings is 1. The molecule has 5 nitrogen and oxygen atoms in total. The van der Waals surface area contributed by atoms with Crippen LogP contribution in [0.2, 0.25) is 0 Å². The van der Waals surface area contributed by atoms with E-state index in [9.17, 15) is 9.18 Å². The van der Waals surface area contributed by atoms with Crippen LogP contribution in [0.5, 0.6) is 0 Å². The predicted octanol–water partition coefficient (Wildman–Crippen LogP) is 2.89. The molecule has 0 saturated carbocycles. The molecule has 0 bridgehead atoms. The summed E-state index contributed by atoms with van der Waals surface area (Å²) in [4.78, 5) is 16.8. The Morgan fingerprint density at radius 3 is 2.77 bits per heavy atom. The molecule has 0 atom stereocenters. The Balaban J connectivity index is 1.64. The summed E-state index contributed by atoms with van der Waals surface area (Å²) in [5, 5.41) is 8.64. The van der Waals surface area contributed by atoms with E-state index in [0.717, 1.165) is 42.4 Å². The summed E-state index contributed by atoms with van der Waals surface area (Å²) in [6.45, 7) is 1.78. The molecule has 1 aliphatic heterocycles. The van der Waals surface area contributed by atoms with Gasteiger partial charge in [0.2, 0.25) is 0 Å². The third kappa shape index (κ3) is 3.37. The van der Waals surface area contributed by atoms with Crippen LogP contribution in [0, 0.1) is 11.7 Å². The van der Waals surface area contributed by atoms with Crippen LogP contribution in [0.1, 0.15) is 18.5 Å². The van der Waals surface area contributed by atoms with Crippen molar-refractivity contribution in [1.29, 1.82) is 0 Å². The fourth-order valence-corrected chi connectivity index (χ4v) is 3.56. The van der Waals surface area contributed by atoms with Gasteiger partial charge in [0.05, 0.1) is 6.20 Å². The molecule has 1 fully saturated rings. The minimum absolute atomic E-state index is 0.104. The van der Waals surface area contributed by atoms with Gasteiger partial charge in [-0.1, -0.05) is 0 Å². The average Bonchev–Trinajstić information content (AvgIpc) is 3.08. The number of nitrogens with zero attached hydrogens (tertiary/aromatic N) is 3. The quantitative estimate of drug-likeness (QED) is 0.784. The Morgan fingerprint density at radius 2 is 2.04 bits per heavy atom. The summed E-state index contributed by atoms with van der Waals surface area (Å²) in [6.07, 6.45) is 7.16. The molecule has 6 heteroatoms. The van der Waals surface area contributed by atoms with Crippen LogP contribution in [0.15, 0.2) is 36.8 Å². The Labute approximate surface area is 151 Å². The van der Waals surface area contributed by atoms with E-state index in [1.165, 1.54) is 12.3 Å². The fourth-order valence-electron chi connectivity index (χ4n) is 3.56. The number of benzene rings is 1. The molecular formula is C20H21FN4O. The zero-order chi connectivity index (χ0) is 18.1. The Morgan fingerprint density at radius 1 is 1.23 bits per heavy atom. The Hall–Kier alpha value is -2.60. The molecule has 134 valence electrons. The van der Waals surface area contributed by atoms with E-state index in [1.54, 1.807) is 10.9 Å². The summed E-state index contributed by atoms with van der Waals surface area (Å²) < 4.78 is 16.2. The monoisotopic (exact) mass is 352 g/mol. The molecule has 3 aromatic rings. The van der Waals surface area contributed by atoms with E-state index in [-0.39, 0.29) is 17.5 Å². The standard InChI is InChI=1S/C20H21FN4O/c1-25-12-16(10-24-25)14-6-15-7-17(23-11-18(15)19(21)8-14)9-20(26)13-2-4-22-5-3-13/h6-8,10-13,22H,2-5,9H2,1H3. The van der Waals surface area contributed by atoms with Gasteiger partial charge in [0.1, 0.15) is 11.6 Å². The van der Waals surface area contributed by atoms with Crippen molar-refractivity contribution in [2.45, 2.75) is 19.3 Å². The first kappa shape index (κ1) is 16.8. The number of carbonyl (C=O) groups is 1. The predicted molar refractivity (Wildman–Crippen MR) is 98.2 cm³/mol. The molecule has 0 unspecified atom stereocenters. The molecule has 1 aliphatic rings. The van der Waals surface area contributed by atoms with E-state index in [2.05, 4.69) is 15.4 Å². The topological polar surface area (TPSA) is 59.8 Å². The summed E-state index contributed by atoms with van der Waals surface area (Å²) in [6, 6.07) is 5.26. The summed E-state index contributed by atoms with van der Waals surface area (Å²) in [5.74, 6) is 0.0135. The molecule has 0 amide bonds. The van der Waals surface area contributed by atoms with Crippen LogP contribution in [0.4, 0.5) is 4.39 Å². The SMILES string of the molecule is Cn1cc(-c2cc(F)c3cnc(CC(=O)C4CCNCC4)cc3c2)cn1. The summed E-state index contributed by atoms with van der Waals surface area (Å²) >= 11 is 0. The van der Waals surface area contributed by atoms with Gasteiger partial charge in [0.15, 0.2) is 0 Å². The van der Waals surface area contributed by atoms with Gasteiger partial charge in [0.25, 0.3) is 0 Å². The Kier molecular flexibility index (Phi) is 4.51. The van der Waals surface area contributed by atoms with Gasteiger partial charge in [-0.15, -0.1) is 0 Å². The molecule has 1 N–H and O–H groups in total. The first-order valence-corrected chi connectivity index (χ1v) is 8.91. The largest absolute Gasteiger partial charge is 0.317 e. The van der Waals surface area contributed by atoms with Crippen molar-refractivity contribution in [1.82, 2.24) is 20.1 Å². The van der Waals surface area contributed by atoms with E-state index < -0.39 is 0 Å².